The Labute approximate surface area is 166 Å². The Morgan fingerprint density at radius 1 is 1.29 bits per heavy atom. The van der Waals surface area contributed by atoms with Crippen LogP contribution in [0.25, 0.3) is 11.3 Å². The Morgan fingerprint density at radius 3 is 2.36 bits per heavy atom. The summed E-state index contributed by atoms with van der Waals surface area (Å²) in [6, 6.07) is 5.09. The second-order valence-electron chi connectivity index (χ2n) is 6.04. The number of ether oxygens (including phenoxy) is 1. The molecule has 1 aromatic heterocycles. The van der Waals surface area contributed by atoms with Crippen LogP contribution in [0.15, 0.2) is 18.2 Å². The van der Waals surface area contributed by atoms with Crippen molar-refractivity contribution in [2.75, 3.05) is 7.11 Å². The number of methoxy groups -OCH3 is 1. The lowest BCUT2D eigenvalue weighted by atomic mass is 9.98. The highest BCUT2D eigenvalue weighted by atomic mass is 35.5. The molecule has 2 rings (SSSR count). The zero-order chi connectivity index (χ0) is 21.5. The largest absolute Gasteiger partial charge is 0.496 e. The van der Waals surface area contributed by atoms with E-state index >= 15 is 0 Å². The fraction of sp³-hybridized carbons (Fsp3) is 0.474. The number of alkyl halides is 3. The molecule has 0 bridgehead atoms. The van der Waals surface area contributed by atoms with Crippen LogP contribution in [-0.4, -0.2) is 29.2 Å². The Kier molecular flexibility index (Phi) is 8.72. The van der Waals surface area contributed by atoms with Crippen LogP contribution >= 0.6 is 11.6 Å². The predicted molar refractivity (Wildman–Crippen MR) is 98.2 cm³/mol. The van der Waals surface area contributed by atoms with Crippen LogP contribution in [0, 0.1) is 5.92 Å². The number of rotatable bonds is 6. The number of benzene rings is 1. The Morgan fingerprint density at radius 2 is 1.89 bits per heavy atom. The molecule has 0 saturated carbocycles. The van der Waals surface area contributed by atoms with Crippen molar-refractivity contribution in [2.45, 2.75) is 46.3 Å². The van der Waals surface area contributed by atoms with Gasteiger partial charge in [-0.15, -0.1) is 0 Å². The van der Waals surface area contributed by atoms with E-state index < -0.39 is 12.1 Å². The molecule has 0 radical (unpaired) electrons. The minimum Gasteiger partial charge on any atom is -0.496 e. The molecule has 0 unspecified atom stereocenters. The van der Waals surface area contributed by atoms with Crippen LogP contribution in [0.3, 0.4) is 0 Å². The molecule has 0 fully saturated rings. The minimum absolute atomic E-state index is 0.0961. The molecule has 0 N–H and O–H groups in total. The van der Waals surface area contributed by atoms with Crippen LogP contribution < -0.4 is 4.74 Å². The maximum atomic E-state index is 12.8. The van der Waals surface area contributed by atoms with Crippen LogP contribution in [0.5, 0.6) is 5.75 Å². The van der Waals surface area contributed by atoms with E-state index in [4.69, 9.17) is 25.9 Å². The van der Waals surface area contributed by atoms with Crippen LogP contribution in [0.4, 0.5) is 13.2 Å². The lowest BCUT2D eigenvalue weighted by Gasteiger charge is -2.17. The summed E-state index contributed by atoms with van der Waals surface area (Å²) in [7, 11) is 1.50. The molecule has 1 atom stereocenters. The first kappa shape index (κ1) is 23.7. The van der Waals surface area contributed by atoms with Crippen LogP contribution in [0.1, 0.15) is 32.0 Å². The smallest absolute Gasteiger partial charge is 0.391 e. The monoisotopic (exact) mass is 418 g/mol. The molecule has 5 nitrogen and oxygen atoms in total. The average Bonchev–Trinajstić information content (AvgIpc) is 2.97. The molecular formula is C19H22ClF3N2O3. The van der Waals surface area contributed by atoms with Gasteiger partial charge in [-0.1, -0.05) is 31.5 Å². The first-order chi connectivity index (χ1) is 13.1. The molecule has 0 spiro atoms. The maximum Gasteiger partial charge on any atom is 0.391 e. The fourth-order valence-corrected chi connectivity index (χ4v) is 3.10. The van der Waals surface area contributed by atoms with E-state index in [0.29, 0.717) is 29.3 Å². The summed E-state index contributed by atoms with van der Waals surface area (Å²) in [6.07, 6.45) is -3.37. The first-order valence-corrected chi connectivity index (χ1v) is 9.00. The lowest BCUT2D eigenvalue weighted by molar-refractivity contribution is -0.191. The quantitative estimate of drug-likeness (QED) is 0.665. The van der Waals surface area contributed by atoms with Gasteiger partial charge >= 0.3 is 12.3 Å². The van der Waals surface area contributed by atoms with Gasteiger partial charge < -0.3 is 4.74 Å². The van der Waals surface area contributed by atoms with Gasteiger partial charge in [0.2, 0.25) is 0 Å². The Bertz CT molecular complexity index is 829. The fourth-order valence-electron chi connectivity index (χ4n) is 2.73. The number of carbonyl (C=O) groups excluding carboxylic acids is 2. The van der Waals surface area contributed by atoms with Crippen molar-refractivity contribution < 1.29 is 27.5 Å². The van der Waals surface area contributed by atoms with Gasteiger partial charge in [0.1, 0.15) is 5.75 Å². The highest BCUT2D eigenvalue weighted by Gasteiger charge is 2.35. The lowest BCUT2D eigenvalue weighted by Crippen LogP contribution is -2.21. The van der Waals surface area contributed by atoms with Crippen molar-refractivity contribution >= 4 is 17.8 Å². The third-order valence-corrected chi connectivity index (χ3v) is 4.61. The van der Waals surface area contributed by atoms with Gasteiger partial charge in [-0.3, -0.25) is 4.68 Å². The standard InChI is InChI=1S/C18H22ClF3N2O.CO2/c1-5-14-16(19)17(24(6-2)23-14)13-8-7-12(10-15(13)25-4)9-11(3)18(20,21)22;2-1-3/h7-8,10-11H,5-6,9H2,1-4H3;/t11-;/m0./s1. The predicted octanol–water partition coefficient (Wildman–Crippen LogP) is 4.95. The molecule has 28 heavy (non-hydrogen) atoms. The topological polar surface area (TPSA) is 61.2 Å². The van der Waals surface area contributed by atoms with E-state index in [1.54, 1.807) is 22.9 Å². The van der Waals surface area contributed by atoms with Crippen LogP contribution in [0.2, 0.25) is 5.02 Å². The van der Waals surface area contributed by atoms with E-state index in [1.807, 2.05) is 13.8 Å². The van der Waals surface area contributed by atoms with E-state index in [9.17, 15) is 13.2 Å². The van der Waals surface area contributed by atoms with Crippen molar-refractivity contribution in [1.82, 2.24) is 9.78 Å². The summed E-state index contributed by atoms with van der Waals surface area (Å²) in [5.41, 5.74) is 2.81. The van der Waals surface area contributed by atoms with Gasteiger partial charge in [0.05, 0.1) is 29.4 Å². The normalized spacial score (nSPS) is 12.0. The Hall–Kier alpha value is -2.31. The van der Waals surface area contributed by atoms with Crippen LogP contribution in [-0.2, 0) is 29.0 Å². The average molecular weight is 419 g/mol. The number of hydrogen-bond acceptors (Lipinski definition) is 4. The maximum absolute atomic E-state index is 12.8. The van der Waals surface area contributed by atoms with Gasteiger partial charge in [0.25, 0.3) is 0 Å². The molecular weight excluding hydrogens is 397 g/mol. The molecule has 154 valence electrons. The minimum atomic E-state index is -4.22. The van der Waals surface area contributed by atoms with Crippen molar-refractivity contribution in [1.29, 1.82) is 0 Å². The summed E-state index contributed by atoms with van der Waals surface area (Å²) in [6.45, 7) is 5.73. The third kappa shape index (κ3) is 5.59. The molecule has 0 saturated heterocycles. The van der Waals surface area contributed by atoms with Gasteiger partial charge in [-0.05, 0) is 37.5 Å². The van der Waals surface area contributed by atoms with Gasteiger partial charge in [0.15, 0.2) is 0 Å². The number of nitrogens with zero attached hydrogens (tertiary/aromatic N) is 2. The zero-order valence-corrected chi connectivity index (χ0v) is 16.8. The molecule has 9 heteroatoms. The summed E-state index contributed by atoms with van der Waals surface area (Å²) >= 11 is 6.47. The number of halogens is 4. The number of hydrogen-bond donors (Lipinski definition) is 0. The highest BCUT2D eigenvalue weighted by molar-refractivity contribution is 6.33. The number of aromatic nitrogens is 2. The molecule has 1 heterocycles. The molecule has 0 amide bonds. The van der Waals surface area contributed by atoms with Gasteiger partial charge in [-0.25, -0.2) is 0 Å². The molecule has 0 aliphatic carbocycles. The van der Waals surface area contributed by atoms with E-state index in [-0.39, 0.29) is 12.6 Å². The van der Waals surface area contributed by atoms with E-state index in [0.717, 1.165) is 17.0 Å². The Balaban J connectivity index is 0.00000122. The summed E-state index contributed by atoms with van der Waals surface area (Å²) in [5, 5.41) is 5.04. The molecule has 0 aliphatic heterocycles. The SMILES string of the molecule is CCc1nn(CC)c(-c2ccc(C[C@H](C)C(F)(F)F)cc2OC)c1Cl.O=C=O. The van der Waals surface area contributed by atoms with E-state index in [1.165, 1.54) is 14.0 Å². The molecule has 0 aliphatic rings. The second-order valence-corrected chi connectivity index (χ2v) is 6.42. The van der Waals surface area contributed by atoms with Gasteiger partial charge in [-0.2, -0.15) is 27.9 Å². The van der Waals surface area contributed by atoms with Crippen molar-refractivity contribution in [2.24, 2.45) is 5.92 Å². The zero-order valence-electron chi connectivity index (χ0n) is 16.1. The summed E-state index contributed by atoms with van der Waals surface area (Å²) < 4.78 is 45.6. The van der Waals surface area contributed by atoms with E-state index in [2.05, 4.69) is 5.10 Å². The molecule has 1 aromatic carbocycles. The van der Waals surface area contributed by atoms with Gasteiger partial charge in [0, 0.05) is 12.1 Å². The summed E-state index contributed by atoms with van der Waals surface area (Å²) in [5.74, 6) is -0.925. The van der Waals surface area contributed by atoms with Crippen molar-refractivity contribution in [3.8, 4) is 17.0 Å². The highest BCUT2D eigenvalue weighted by Crippen LogP contribution is 2.38. The first-order valence-electron chi connectivity index (χ1n) is 8.62. The molecule has 2 aromatic rings. The van der Waals surface area contributed by atoms with Crippen molar-refractivity contribution in [3.05, 3.63) is 34.5 Å². The second kappa shape index (κ2) is 10.3. The summed E-state index contributed by atoms with van der Waals surface area (Å²) in [4.78, 5) is 16.2. The third-order valence-electron chi connectivity index (χ3n) is 4.22. The number of aryl methyl sites for hydroxylation is 2. The van der Waals surface area contributed by atoms with Crippen molar-refractivity contribution in [3.63, 3.8) is 0 Å².